The minimum absolute atomic E-state index is 0.0185. The van der Waals surface area contributed by atoms with Gasteiger partial charge in [0.1, 0.15) is 41.6 Å². The minimum Gasteiger partial charge on any atom is -0.471 e. The number of nitrogens with two attached hydrogens (primary N) is 1. The number of rotatable bonds is 7. The summed E-state index contributed by atoms with van der Waals surface area (Å²) in [6, 6.07) is 7.06. The number of nitrogens with zero attached hydrogens (tertiary/aromatic N) is 5. The summed E-state index contributed by atoms with van der Waals surface area (Å²) in [7, 11) is 0. The Bertz CT molecular complexity index is 1950. The van der Waals surface area contributed by atoms with Crippen molar-refractivity contribution in [2.45, 2.75) is 56.5 Å². The van der Waals surface area contributed by atoms with E-state index < -0.39 is 29.4 Å². The second-order valence-corrected chi connectivity index (χ2v) is 13.3. The molecule has 0 saturated carbocycles. The first-order valence-electron chi connectivity index (χ1n) is 15.2. The number of likely N-dealkylation sites (tertiary alicyclic amines) is 1. The van der Waals surface area contributed by atoms with Crippen molar-refractivity contribution in [3.05, 3.63) is 54.1 Å². The standard InChI is InChI=1S/C33H31F3N6O3S/c1-3-27(43)42-10-7-26(17(42)2)45-31-21-11-24(36)20(19-5-6-23(35)29-28(19)22(14-37)30(38)46-29)12-25(21)39-32(40-31)44-16-33-8-4-9-41(33)15-18(34)13-33/h3,5-6,11-12,17-18,26H,1,4,7-10,13,15-16,38H2,2H3/t17-,18-,26-,33+/m1/s1. The van der Waals surface area contributed by atoms with Gasteiger partial charge in [-0.15, -0.1) is 11.3 Å². The summed E-state index contributed by atoms with van der Waals surface area (Å²) in [4.78, 5) is 25.3. The number of thiophene rings is 1. The number of nitrogen functional groups attached to an aromatic ring is 1. The van der Waals surface area contributed by atoms with Crippen LogP contribution in [-0.2, 0) is 4.79 Å². The molecule has 4 atom stereocenters. The SMILES string of the molecule is C=CC(=O)N1CC[C@@H](Oc2nc(OC[C@@]34CCCN3C[C@H](F)C4)nc3cc(-c4ccc(F)c5sc(N)c(C#N)c45)c(F)cc23)[C@H]1C. The number of carbonyl (C=O) groups excluding carboxylic acids is 1. The molecule has 1 amide bonds. The molecule has 9 nitrogen and oxygen atoms in total. The first-order valence-corrected chi connectivity index (χ1v) is 16.0. The van der Waals surface area contributed by atoms with Crippen molar-refractivity contribution in [3.63, 3.8) is 0 Å². The van der Waals surface area contributed by atoms with E-state index in [0.717, 1.165) is 30.7 Å². The molecule has 46 heavy (non-hydrogen) atoms. The molecule has 0 bridgehead atoms. The average Bonchev–Trinajstić information content (AvgIpc) is 3.77. The monoisotopic (exact) mass is 648 g/mol. The van der Waals surface area contributed by atoms with E-state index in [-0.39, 0.29) is 73.1 Å². The summed E-state index contributed by atoms with van der Waals surface area (Å²) in [6.07, 6.45) is 2.47. The van der Waals surface area contributed by atoms with Crippen LogP contribution in [0, 0.1) is 23.0 Å². The maximum absolute atomic E-state index is 16.0. The predicted octanol–water partition coefficient (Wildman–Crippen LogP) is 5.75. The molecule has 2 N–H and O–H groups in total. The van der Waals surface area contributed by atoms with E-state index in [4.69, 9.17) is 15.2 Å². The van der Waals surface area contributed by atoms with Crippen molar-refractivity contribution in [2.75, 3.05) is 32.0 Å². The van der Waals surface area contributed by atoms with Gasteiger partial charge in [0.05, 0.1) is 32.7 Å². The fourth-order valence-electron chi connectivity index (χ4n) is 7.27. The molecule has 3 fully saturated rings. The summed E-state index contributed by atoms with van der Waals surface area (Å²) in [5.41, 5.74) is 6.30. The average molecular weight is 649 g/mol. The Labute approximate surface area is 267 Å². The van der Waals surface area contributed by atoms with Crippen molar-refractivity contribution in [3.8, 4) is 29.1 Å². The molecular formula is C33H31F3N6O3S. The minimum atomic E-state index is -0.937. The van der Waals surface area contributed by atoms with E-state index in [1.807, 2.05) is 13.0 Å². The molecule has 2 aromatic heterocycles. The molecule has 238 valence electrons. The van der Waals surface area contributed by atoms with Crippen LogP contribution in [0.25, 0.3) is 32.1 Å². The van der Waals surface area contributed by atoms with Gasteiger partial charge in [0.15, 0.2) is 0 Å². The van der Waals surface area contributed by atoms with Gasteiger partial charge in [-0.25, -0.2) is 13.2 Å². The zero-order valence-corrected chi connectivity index (χ0v) is 25.9. The van der Waals surface area contributed by atoms with Gasteiger partial charge >= 0.3 is 6.01 Å². The second-order valence-electron chi connectivity index (χ2n) is 12.2. The lowest BCUT2D eigenvalue weighted by Gasteiger charge is -2.30. The lowest BCUT2D eigenvalue weighted by Crippen LogP contribution is -2.43. The van der Waals surface area contributed by atoms with Crippen LogP contribution >= 0.6 is 11.3 Å². The molecule has 4 aromatic rings. The number of benzene rings is 2. The zero-order chi connectivity index (χ0) is 32.3. The van der Waals surface area contributed by atoms with Crippen molar-refractivity contribution in [2.24, 2.45) is 0 Å². The Morgan fingerprint density at radius 2 is 2.09 bits per heavy atom. The number of fused-ring (bicyclic) bond motifs is 3. The highest BCUT2D eigenvalue weighted by Gasteiger charge is 2.49. The first kappa shape index (κ1) is 30.3. The number of amides is 1. The highest BCUT2D eigenvalue weighted by molar-refractivity contribution is 7.23. The van der Waals surface area contributed by atoms with Crippen LogP contribution in [0.15, 0.2) is 36.9 Å². The van der Waals surface area contributed by atoms with Crippen LogP contribution in [0.3, 0.4) is 0 Å². The fraction of sp³-hybridized carbons (Fsp3) is 0.394. The molecule has 0 radical (unpaired) electrons. The van der Waals surface area contributed by atoms with Gasteiger partial charge in [0.2, 0.25) is 11.8 Å². The van der Waals surface area contributed by atoms with E-state index in [0.29, 0.717) is 25.9 Å². The third kappa shape index (κ3) is 4.91. The number of alkyl halides is 1. The van der Waals surface area contributed by atoms with E-state index in [2.05, 4.69) is 21.4 Å². The largest absolute Gasteiger partial charge is 0.471 e. The molecule has 3 aliphatic heterocycles. The maximum atomic E-state index is 16.0. The number of anilines is 1. The van der Waals surface area contributed by atoms with Crippen molar-refractivity contribution >= 4 is 43.2 Å². The van der Waals surface area contributed by atoms with E-state index in [9.17, 15) is 18.8 Å². The zero-order valence-electron chi connectivity index (χ0n) is 25.1. The Hall–Kier alpha value is -4.41. The summed E-state index contributed by atoms with van der Waals surface area (Å²) < 4.78 is 57.9. The maximum Gasteiger partial charge on any atom is 0.320 e. The number of ether oxygens (including phenoxy) is 2. The van der Waals surface area contributed by atoms with Crippen molar-refractivity contribution in [1.82, 2.24) is 19.8 Å². The van der Waals surface area contributed by atoms with Gasteiger partial charge in [0.25, 0.3) is 0 Å². The van der Waals surface area contributed by atoms with Gasteiger partial charge < -0.3 is 20.1 Å². The highest BCUT2D eigenvalue weighted by Crippen LogP contribution is 2.44. The highest BCUT2D eigenvalue weighted by atomic mass is 32.1. The van der Waals surface area contributed by atoms with Crippen LogP contribution in [0.4, 0.5) is 18.2 Å². The summed E-state index contributed by atoms with van der Waals surface area (Å²) in [6.45, 7) is 7.22. The van der Waals surface area contributed by atoms with Crippen LogP contribution in [-0.4, -0.2) is 75.8 Å². The summed E-state index contributed by atoms with van der Waals surface area (Å²) in [5.74, 6) is -1.37. The van der Waals surface area contributed by atoms with Gasteiger partial charge in [-0.2, -0.15) is 15.2 Å². The molecular weight excluding hydrogens is 617 g/mol. The van der Waals surface area contributed by atoms with Crippen molar-refractivity contribution in [1.29, 1.82) is 5.26 Å². The van der Waals surface area contributed by atoms with Crippen LogP contribution < -0.4 is 15.2 Å². The quantitative estimate of drug-likeness (QED) is 0.252. The van der Waals surface area contributed by atoms with Gasteiger partial charge in [-0.3, -0.25) is 9.69 Å². The van der Waals surface area contributed by atoms with E-state index in [1.165, 1.54) is 30.3 Å². The van der Waals surface area contributed by atoms with Crippen LogP contribution in [0.5, 0.6) is 11.9 Å². The molecule has 0 unspecified atom stereocenters. The predicted molar refractivity (Wildman–Crippen MR) is 168 cm³/mol. The van der Waals surface area contributed by atoms with Crippen LogP contribution in [0.1, 0.15) is 38.2 Å². The molecule has 3 saturated heterocycles. The number of nitriles is 1. The molecule has 2 aromatic carbocycles. The van der Waals surface area contributed by atoms with Gasteiger partial charge in [-0.05, 0) is 56.1 Å². The smallest absolute Gasteiger partial charge is 0.320 e. The third-order valence-corrected chi connectivity index (χ3v) is 10.6. The summed E-state index contributed by atoms with van der Waals surface area (Å²) in [5, 5.41) is 10.4. The Kier molecular flexibility index (Phi) is 7.52. The van der Waals surface area contributed by atoms with Gasteiger partial charge in [0, 0.05) is 36.9 Å². The number of carbonyl (C=O) groups is 1. The Balaban J connectivity index is 1.32. The first-order chi connectivity index (χ1) is 22.1. The lowest BCUT2D eigenvalue weighted by atomic mass is 9.95. The Morgan fingerprint density at radius 1 is 1.26 bits per heavy atom. The van der Waals surface area contributed by atoms with E-state index >= 15 is 4.39 Å². The third-order valence-electron chi connectivity index (χ3n) is 9.58. The van der Waals surface area contributed by atoms with E-state index in [1.54, 1.807) is 4.90 Å². The topological polar surface area (TPSA) is 118 Å². The van der Waals surface area contributed by atoms with Gasteiger partial charge in [-0.1, -0.05) is 12.6 Å². The molecule has 5 heterocycles. The molecule has 3 aliphatic rings. The van der Waals surface area contributed by atoms with Crippen LogP contribution in [0.2, 0.25) is 0 Å². The molecule has 0 aliphatic carbocycles. The fourth-order valence-corrected chi connectivity index (χ4v) is 8.22. The summed E-state index contributed by atoms with van der Waals surface area (Å²) >= 11 is 0.928. The second kappa shape index (κ2) is 11.4. The normalized spacial score (nSPS) is 24.4. The lowest BCUT2D eigenvalue weighted by molar-refractivity contribution is -0.127. The molecule has 13 heteroatoms. The Morgan fingerprint density at radius 3 is 2.87 bits per heavy atom. The number of halogens is 3. The molecule has 7 rings (SSSR count). The number of hydrogen-bond donors (Lipinski definition) is 1. The number of aromatic nitrogens is 2. The van der Waals surface area contributed by atoms with Crippen molar-refractivity contribution < 1.29 is 27.4 Å². The molecule has 0 spiro atoms. The number of hydrogen-bond acceptors (Lipinski definition) is 9.